The molecule has 3 fully saturated rings. The zero-order chi connectivity index (χ0) is 22.7. The number of benzene rings is 1. The number of fused-ring (bicyclic) bond motifs is 2. The highest BCUT2D eigenvalue weighted by Gasteiger charge is 2.59. The Morgan fingerprint density at radius 3 is 2.70 bits per heavy atom. The molecule has 3 aliphatic carbocycles. The molecule has 1 aromatic carbocycles. The van der Waals surface area contributed by atoms with Crippen molar-refractivity contribution in [1.29, 1.82) is 5.26 Å². The molecule has 33 heavy (non-hydrogen) atoms. The van der Waals surface area contributed by atoms with Gasteiger partial charge >= 0.3 is 0 Å². The van der Waals surface area contributed by atoms with Gasteiger partial charge in [-0.15, -0.1) is 0 Å². The van der Waals surface area contributed by atoms with Crippen LogP contribution in [0.3, 0.4) is 0 Å². The molecule has 166 valence electrons. The van der Waals surface area contributed by atoms with Gasteiger partial charge in [-0.25, -0.2) is 13.8 Å². The number of nitrogens with zero attached hydrogens (tertiary/aromatic N) is 6. The fraction of sp³-hybridized carbons (Fsp3) is 0.375. The highest BCUT2D eigenvalue weighted by atomic mass is 19.1. The molecule has 2 aromatic heterocycles. The minimum Gasteiger partial charge on any atom is -0.273 e. The number of rotatable bonds is 4. The van der Waals surface area contributed by atoms with Crippen molar-refractivity contribution in [1.82, 2.24) is 19.8 Å². The van der Waals surface area contributed by atoms with Gasteiger partial charge in [-0.2, -0.15) is 15.5 Å². The molecule has 3 saturated carbocycles. The largest absolute Gasteiger partial charge is 0.273 e. The van der Waals surface area contributed by atoms with E-state index in [1.807, 2.05) is 10.9 Å². The zero-order valence-electron chi connectivity index (χ0n) is 17.7. The number of hydrazone groups is 1. The molecule has 0 N–H and O–H groups in total. The molecule has 1 aliphatic heterocycles. The maximum Gasteiger partial charge on any atom is 0.246 e. The zero-order valence-corrected chi connectivity index (χ0v) is 17.7. The van der Waals surface area contributed by atoms with Gasteiger partial charge in [0.1, 0.15) is 28.7 Å². The van der Waals surface area contributed by atoms with E-state index in [0.717, 1.165) is 30.8 Å². The van der Waals surface area contributed by atoms with E-state index in [-0.39, 0.29) is 23.2 Å². The van der Waals surface area contributed by atoms with E-state index in [2.05, 4.69) is 21.3 Å². The fourth-order valence-corrected chi connectivity index (χ4v) is 5.90. The summed E-state index contributed by atoms with van der Waals surface area (Å²) in [4.78, 5) is 17.7. The monoisotopic (exact) mass is 446 g/mol. The Kier molecular flexibility index (Phi) is 4.34. The van der Waals surface area contributed by atoms with E-state index in [1.165, 1.54) is 23.3 Å². The van der Waals surface area contributed by atoms with Crippen molar-refractivity contribution < 1.29 is 13.6 Å². The first-order valence-electron chi connectivity index (χ1n) is 11.0. The Labute approximate surface area is 188 Å². The molecule has 9 heteroatoms. The standard InChI is InChI=1S/C24H20F2N6O/c25-17-4-15(5-18(26)6-17)22-1-2-29-32(22)23(33)19-9-24(7-16(19)8-24)13-31-12-21-20(30-31)3-14(10-27)11-28-21/h2-6,11-12,16,19,22H,1,7-9,13H2. The number of aromatic nitrogens is 3. The van der Waals surface area contributed by atoms with Gasteiger partial charge in [0.2, 0.25) is 5.91 Å². The minimum absolute atomic E-state index is 0.00497. The van der Waals surface area contributed by atoms with Crippen LogP contribution in [0.5, 0.6) is 0 Å². The molecule has 3 aromatic rings. The minimum atomic E-state index is -0.658. The van der Waals surface area contributed by atoms with E-state index in [0.29, 0.717) is 29.6 Å². The Morgan fingerprint density at radius 1 is 1.15 bits per heavy atom. The van der Waals surface area contributed by atoms with Gasteiger partial charge < -0.3 is 0 Å². The number of carbonyl (C=O) groups is 1. The second-order valence-electron chi connectivity index (χ2n) is 9.48. The van der Waals surface area contributed by atoms with Crippen molar-refractivity contribution in [2.24, 2.45) is 22.4 Å². The normalized spacial score (nSPS) is 27.7. The molecule has 1 amide bonds. The van der Waals surface area contributed by atoms with E-state index < -0.39 is 17.7 Å². The third kappa shape index (κ3) is 3.28. The lowest BCUT2D eigenvalue weighted by molar-refractivity contribution is -0.138. The molecule has 4 aliphatic rings. The van der Waals surface area contributed by atoms with Gasteiger partial charge in [0, 0.05) is 37.4 Å². The maximum atomic E-state index is 13.7. The van der Waals surface area contributed by atoms with Gasteiger partial charge in [0.25, 0.3) is 0 Å². The van der Waals surface area contributed by atoms with Gasteiger partial charge in [-0.05, 0) is 54.4 Å². The molecule has 2 bridgehead atoms. The van der Waals surface area contributed by atoms with Crippen LogP contribution in [-0.2, 0) is 11.3 Å². The predicted octanol–water partition coefficient (Wildman–Crippen LogP) is 3.96. The predicted molar refractivity (Wildman–Crippen MR) is 115 cm³/mol. The van der Waals surface area contributed by atoms with Crippen LogP contribution in [0.4, 0.5) is 8.78 Å². The number of amides is 1. The third-order valence-corrected chi connectivity index (χ3v) is 7.29. The first kappa shape index (κ1) is 20.0. The van der Waals surface area contributed by atoms with Gasteiger partial charge in [-0.3, -0.25) is 14.5 Å². The topological polar surface area (TPSA) is 87.2 Å². The summed E-state index contributed by atoms with van der Waals surface area (Å²) in [7, 11) is 0. The van der Waals surface area contributed by atoms with Gasteiger partial charge in [0.15, 0.2) is 0 Å². The highest BCUT2D eigenvalue weighted by molar-refractivity contribution is 5.83. The number of halogens is 2. The number of hydrogen-bond acceptors (Lipinski definition) is 5. The van der Waals surface area contributed by atoms with Gasteiger partial charge in [0.05, 0.1) is 17.8 Å². The summed E-state index contributed by atoms with van der Waals surface area (Å²) in [6.45, 7) is 0.688. The van der Waals surface area contributed by atoms with Crippen LogP contribution in [0.2, 0.25) is 0 Å². The Bertz CT molecular complexity index is 1330. The van der Waals surface area contributed by atoms with Crippen LogP contribution in [0.1, 0.15) is 42.9 Å². The third-order valence-electron chi connectivity index (χ3n) is 7.29. The van der Waals surface area contributed by atoms with Crippen LogP contribution in [0, 0.1) is 40.2 Å². The number of pyridine rings is 1. The summed E-state index contributed by atoms with van der Waals surface area (Å²) in [5, 5.41) is 19.3. The average Bonchev–Trinajstić information content (AvgIpc) is 3.53. The Balaban J connectivity index is 1.18. The molecular weight excluding hydrogens is 426 g/mol. The first-order valence-corrected chi connectivity index (χ1v) is 11.0. The van der Waals surface area contributed by atoms with E-state index in [1.54, 1.807) is 12.3 Å². The van der Waals surface area contributed by atoms with Gasteiger partial charge in [-0.1, -0.05) is 0 Å². The number of carbonyl (C=O) groups excluding carboxylic acids is 1. The van der Waals surface area contributed by atoms with Crippen LogP contribution < -0.4 is 0 Å². The van der Waals surface area contributed by atoms with Crippen LogP contribution >= 0.6 is 0 Å². The first-order chi connectivity index (χ1) is 15.9. The van der Waals surface area contributed by atoms with Crippen molar-refractivity contribution in [3.8, 4) is 6.07 Å². The summed E-state index contributed by atoms with van der Waals surface area (Å²) >= 11 is 0. The maximum absolute atomic E-state index is 13.7. The van der Waals surface area contributed by atoms with Crippen molar-refractivity contribution in [3.63, 3.8) is 0 Å². The van der Waals surface area contributed by atoms with Crippen molar-refractivity contribution >= 4 is 23.2 Å². The number of hydrogen-bond donors (Lipinski definition) is 0. The molecule has 2 unspecified atom stereocenters. The molecule has 0 radical (unpaired) electrons. The quantitative estimate of drug-likeness (QED) is 0.607. The highest BCUT2D eigenvalue weighted by Crippen LogP contribution is 2.63. The summed E-state index contributed by atoms with van der Waals surface area (Å²) in [5.74, 6) is -1.27. The Morgan fingerprint density at radius 2 is 1.94 bits per heavy atom. The second kappa shape index (κ2) is 7.17. The summed E-state index contributed by atoms with van der Waals surface area (Å²) in [6, 6.07) is 6.69. The molecular formula is C24H20F2N6O. The fourth-order valence-electron chi connectivity index (χ4n) is 5.90. The lowest BCUT2D eigenvalue weighted by atomic mass is 9.69. The Hall–Kier alpha value is -3.67. The van der Waals surface area contributed by atoms with E-state index in [4.69, 9.17) is 5.26 Å². The average molecular weight is 446 g/mol. The lowest BCUT2D eigenvalue weighted by Gasteiger charge is -2.38. The molecule has 2 atom stereocenters. The van der Waals surface area contributed by atoms with Crippen LogP contribution in [-0.4, -0.2) is 31.9 Å². The summed E-state index contributed by atoms with van der Waals surface area (Å²) < 4.78 is 29.4. The SMILES string of the molecule is N#Cc1cnc2cn(CC34CC(C3)C(C(=O)N3N=CCC3c3cc(F)cc(F)c3)C4)nc2c1. The summed E-state index contributed by atoms with van der Waals surface area (Å²) in [6.07, 6.45) is 8.11. The van der Waals surface area contributed by atoms with Crippen molar-refractivity contribution in [2.75, 3.05) is 0 Å². The molecule has 7 nitrogen and oxygen atoms in total. The second-order valence-corrected chi connectivity index (χ2v) is 9.48. The van der Waals surface area contributed by atoms with Crippen LogP contribution in [0.15, 0.2) is 41.8 Å². The van der Waals surface area contributed by atoms with E-state index in [9.17, 15) is 13.6 Å². The summed E-state index contributed by atoms with van der Waals surface area (Å²) in [5.41, 5.74) is 2.31. The van der Waals surface area contributed by atoms with Crippen molar-refractivity contribution in [3.05, 3.63) is 59.4 Å². The number of nitriles is 1. The lowest BCUT2D eigenvalue weighted by Crippen LogP contribution is -2.35. The molecule has 0 spiro atoms. The molecule has 3 heterocycles. The smallest absolute Gasteiger partial charge is 0.246 e. The van der Waals surface area contributed by atoms with E-state index >= 15 is 0 Å². The van der Waals surface area contributed by atoms with Crippen LogP contribution in [0.25, 0.3) is 11.0 Å². The molecule has 0 saturated heterocycles. The van der Waals surface area contributed by atoms with Crippen molar-refractivity contribution in [2.45, 2.75) is 38.3 Å². The molecule has 7 rings (SSSR count).